The standard InChI is InChI=1S/C8H14N2O/c1-4-7(11)10-6-8(2,3)5-9/h4,6H2,1-3H3,(H,10,11). The quantitative estimate of drug-likeness (QED) is 0.660. The zero-order valence-corrected chi connectivity index (χ0v) is 7.27. The lowest BCUT2D eigenvalue weighted by atomic mass is 9.96. The second-order valence-corrected chi connectivity index (χ2v) is 3.13. The highest BCUT2D eigenvalue weighted by Gasteiger charge is 2.16. The average molecular weight is 154 g/mol. The number of rotatable bonds is 3. The van der Waals surface area contributed by atoms with Crippen LogP contribution >= 0.6 is 0 Å². The molecule has 0 saturated carbocycles. The molecule has 62 valence electrons. The molecule has 11 heavy (non-hydrogen) atoms. The van der Waals surface area contributed by atoms with Crippen LogP contribution in [-0.4, -0.2) is 12.5 Å². The van der Waals surface area contributed by atoms with E-state index < -0.39 is 5.41 Å². The second-order valence-electron chi connectivity index (χ2n) is 3.13. The number of hydrogen-bond donors (Lipinski definition) is 1. The SMILES string of the molecule is CCC(=O)NCC(C)(C)C#N. The molecule has 3 nitrogen and oxygen atoms in total. The molecule has 1 N–H and O–H groups in total. The Hall–Kier alpha value is -1.04. The summed E-state index contributed by atoms with van der Waals surface area (Å²) in [5.74, 6) is -0.00618. The third kappa shape index (κ3) is 4.38. The van der Waals surface area contributed by atoms with Crippen LogP contribution in [0.1, 0.15) is 27.2 Å². The highest BCUT2D eigenvalue weighted by Crippen LogP contribution is 2.10. The molecule has 0 rings (SSSR count). The van der Waals surface area contributed by atoms with Gasteiger partial charge in [0.05, 0.1) is 11.5 Å². The molecule has 0 aliphatic carbocycles. The van der Waals surface area contributed by atoms with Gasteiger partial charge >= 0.3 is 0 Å². The summed E-state index contributed by atoms with van der Waals surface area (Å²) in [7, 11) is 0. The molecular weight excluding hydrogens is 140 g/mol. The molecule has 0 radical (unpaired) electrons. The van der Waals surface area contributed by atoms with Crippen molar-refractivity contribution in [3.05, 3.63) is 0 Å². The summed E-state index contributed by atoms with van der Waals surface area (Å²) in [4.78, 5) is 10.8. The molecule has 0 aromatic heterocycles. The van der Waals surface area contributed by atoms with E-state index in [1.54, 1.807) is 20.8 Å². The van der Waals surface area contributed by atoms with E-state index >= 15 is 0 Å². The number of nitrogens with zero attached hydrogens (tertiary/aromatic N) is 1. The second kappa shape index (κ2) is 3.97. The highest BCUT2D eigenvalue weighted by atomic mass is 16.1. The van der Waals surface area contributed by atoms with Crippen molar-refractivity contribution < 1.29 is 4.79 Å². The third-order valence-electron chi connectivity index (χ3n) is 1.35. The maximum atomic E-state index is 10.8. The monoisotopic (exact) mass is 154 g/mol. The molecule has 0 atom stereocenters. The number of nitriles is 1. The minimum absolute atomic E-state index is 0.00618. The summed E-state index contributed by atoms with van der Waals surface area (Å²) < 4.78 is 0. The van der Waals surface area contributed by atoms with Gasteiger partial charge in [-0.15, -0.1) is 0 Å². The first-order valence-electron chi connectivity index (χ1n) is 3.70. The van der Waals surface area contributed by atoms with E-state index in [4.69, 9.17) is 5.26 Å². The van der Waals surface area contributed by atoms with E-state index in [1.807, 2.05) is 0 Å². The predicted octanol–water partition coefficient (Wildman–Crippen LogP) is 1.06. The zero-order chi connectivity index (χ0) is 8.91. The number of carbonyl (C=O) groups is 1. The average Bonchev–Trinajstić information content (AvgIpc) is 2.00. The van der Waals surface area contributed by atoms with E-state index in [-0.39, 0.29) is 5.91 Å². The summed E-state index contributed by atoms with van der Waals surface area (Å²) in [6.07, 6.45) is 0.474. The van der Waals surface area contributed by atoms with Crippen LogP contribution in [0.3, 0.4) is 0 Å². The Bertz CT molecular complexity index is 179. The first-order chi connectivity index (χ1) is 5.02. The summed E-state index contributed by atoms with van der Waals surface area (Å²) in [5, 5.41) is 11.2. The molecule has 0 unspecified atom stereocenters. The smallest absolute Gasteiger partial charge is 0.219 e. The molecule has 0 saturated heterocycles. The zero-order valence-electron chi connectivity index (χ0n) is 7.27. The van der Waals surface area contributed by atoms with Crippen molar-refractivity contribution in [1.82, 2.24) is 5.32 Å². The molecule has 1 amide bonds. The Kier molecular flexibility index (Phi) is 3.59. The van der Waals surface area contributed by atoms with Crippen molar-refractivity contribution in [2.75, 3.05) is 6.54 Å². The maximum absolute atomic E-state index is 10.8. The van der Waals surface area contributed by atoms with Crippen molar-refractivity contribution >= 4 is 5.91 Å². The highest BCUT2D eigenvalue weighted by molar-refractivity contribution is 5.75. The molecule has 0 aromatic rings. The molecule has 0 fully saturated rings. The fourth-order valence-electron chi connectivity index (χ4n) is 0.484. The Morgan fingerprint density at radius 3 is 2.55 bits per heavy atom. The summed E-state index contributed by atoms with van der Waals surface area (Å²) in [6, 6.07) is 2.11. The van der Waals surface area contributed by atoms with E-state index in [0.29, 0.717) is 13.0 Å². The first-order valence-corrected chi connectivity index (χ1v) is 3.70. The number of amides is 1. The van der Waals surface area contributed by atoms with Gasteiger partial charge in [-0.2, -0.15) is 5.26 Å². The van der Waals surface area contributed by atoms with Crippen molar-refractivity contribution in [1.29, 1.82) is 5.26 Å². The molecule has 0 aliphatic rings. The molecule has 0 spiro atoms. The Labute approximate surface area is 67.4 Å². The fraction of sp³-hybridized carbons (Fsp3) is 0.750. The topological polar surface area (TPSA) is 52.9 Å². The molecule has 0 aromatic carbocycles. The van der Waals surface area contributed by atoms with Crippen LogP contribution in [0.5, 0.6) is 0 Å². The van der Waals surface area contributed by atoms with Gasteiger partial charge in [0.1, 0.15) is 0 Å². The van der Waals surface area contributed by atoms with E-state index in [0.717, 1.165) is 0 Å². The third-order valence-corrected chi connectivity index (χ3v) is 1.35. The van der Waals surface area contributed by atoms with Gasteiger partial charge in [-0.3, -0.25) is 4.79 Å². The first kappa shape index (κ1) is 9.96. The minimum atomic E-state index is -0.454. The van der Waals surface area contributed by atoms with E-state index in [9.17, 15) is 4.79 Å². The normalized spacial score (nSPS) is 10.4. The predicted molar refractivity (Wildman–Crippen MR) is 42.7 cm³/mol. The van der Waals surface area contributed by atoms with Crippen molar-refractivity contribution in [2.24, 2.45) is 5.41 Å². The van der Waals surface area contributed by atoms with Gasteiger partial charge in [0.25, 0.3) is 0 Å². The molecule has 0 aliphatic heterocycles. The van der Waals surface area contributed by atoms with Crippen LogP contribution in [0.4, 0.5) is 0 Å². The lowest BCUT2D eigenvalue weighted by Gasteiger charge is -2.14. The lowest BCUT2D eigenvalue weighted by molar-refractivity contribution is -0.121. The van der Waals surface area contributed by atoms with Gasteiger partial charge in [-0.25, -0.2) is 0 Å². The van der Waals surface area contributed by atoms with Crippen molar-refractivity contribution in [2.45, 2.75) is 27.2 Å². The van der Waals surface area contributed by atoms with Crippen LogP contribution in [0.15, 0.2) is 0 Å². The molecule has 0 bridgehead atoms. The number of carbonyl (C=O) groups excluding carboxylic acids is 1. The van der Waals surface area contributed by atoms with E-state index in [2.05, 4.69) is 11.4 Å². The van der Waals surface area contributed by atoms with E-state index in [1.165, 1.54) is 0 Å². The fourth-order valence-corrected chi connectivity index (χ4v) is 0.484. The maximum Gasteiger partial charge on any atom is 0.219 e. The Morgan fingerprint density at radius 1 is 1.64 bits per heavy atom. The number of hydrogen-bond acceptors (Lipinski definition) is 2. The molecular formula is C8H14N2O. The van der Waals surface area contributed by atoms with Gasteiger partial charge in [0.2, 0.25) is 5.91 Å². The summed E-state index contributed by atoms with van der Waals surface area (Å²) in [6.45, 7) is 5.80. The van der Waals surface area contributed by atoms with Gasteiger partial charge in [0.15, 0.2) is 0 Å². The van der Waals surface area contributed by atoms with Crippen LogP contribution < -0.4 is 5.32 Å². The van der Waals surface area contributed by atoms with Gasteiger partial charge in [0, 0.05) is 13.0 Å². The van der Waals surface area contributed by atoms with Crippen molar-refractivity contribution in [3.63, 3.8) is 0 Å². The van der Waals surface area contributed by atoms with Crippen LogP contribution in [0, 0.1) is 16.7 Å². The minimum Gasteiger partial charge on any atom is -0.355 e. The van der Waals surface area contributed by atoms with Crippen molar-refractivity contribution in [3.8, 4) is 6.07 Å². The Morgan fingerprint density at radius 2 is 2.18 bits per heavy atom. The van der Waals surface area contributed by atoms with Crippen LogP contribution in [-0.2, 0) is 4.79 Å². The van der Waals surface area contributed by atoms with Gasteiger partial charge in [-0.1, -0.05) is 6.92 Å². The molecule has 3 heteroatoms. The number of nitrogens with one attached hydrogen (secondary N) is 1. The summed E-state index contributed by atoms with van der Waals surface area (Å²) in [5.41, 5.74) is -0.454. The molecule has 0 heterocycles. The lowest BCUT2D eigenvalue weighted by Crippen LogP contribution is -2.32. The Balaban J connectivity index is 3.72. The van der Waals surface area contributed by atoms with Crippen LogP contribution in [0.25, 0.3) is 0 Å². The van der Waals surface area contributed by atoms with Gasteiger partial charge in [-0.05, 0) is 13.8 Å². The largest absolute Gasteiger partial charge is 0.355 e. The van der Waals surface area contributed by atoms with Crippen LogP contribution in [0.2, 0.25) is 0 Å². The summed E-state index contributed by atoms with van der Waals surface area (Å²) >= 11 is 0. The van der Waals surface area contributed by atoms with Gasteiger partial charge < -0.3 is 5.32 Å².